The van der Waals surface area contributed by atoms with Gasteiger partial charge in [-0.1, -0.05) is 13.0 Å². The van der Waals surface area contributed by atoms with Crippen molar-refractivity contribution in [3.63, 3.8) is 0 Å². The van der Waals surface area contributed by atoms with Crippen molar-refractivity contribution in [2.24, 2.45) is 0 Å². The van der Waals surface area contributed by atoms with Gasteiger partial charge in [0.2, 0.25) is 0 Å². The number of hydrogen-bond donors (Lipinski definition) is 0. The maximum Gasteiger partial charge on any atom is 0.144 e. The van der Waals surface area contributed by atoms with Crippen LogP contribution in [0.2, 0.25) is 0 Å². The van der Waals surface area contributed by atoms with E-state index in [1.807, 2.05) is 17.8 Å². The molecule has 16 heavy (non-hydrogen) atoms. The van der Waals surface area contributed by atoms with E-state index in [4.69, 9.17) is 10.00 Å². The molecule has 0 spiro atoms. The Kier molecular flexibility index (Phi) is 5.73. The molecule has 1 rings (SSSR count). The zero-order valence-electron chi connectivity index (χ0n) is 9.20. The molecule has 0 radical (unpaired) electrons. The summed E-state index contributed by atoms with van der Waals surface area (Å²) in [6.07, 6.45) is 0.903. The van der Waals surface area contributed by atoms with Gasteiger partial charge in [0.1, 0.15) is 23.2 Å². The molecule has 2 nitrogen and oxygen atoms in total. The first-order valence-corrected chi connectivity index (χ1v) is 6.34. The summed E-state index contributed by atoms with van der Waals surface area (Å²) in [7, 11) is 0. The fourth-order valence-electron chi connectivity index (χ4n) is 1.22. The normalized spacial score (nSPS) is 9.81. The highest BCUT2D eigenvalue weighted by atomic mass is 32.2. The number of benzene rings is 1. The van der Waals surface area contributed by atoms with Crippen molar-refractivity contribution in [1.82, 2.24) is 0 Å². The number of hydrogen-bond acceptors (Lipinski definition) is 3. The van der Waals surface area contributed by atoms with Gasteiger partial charge in [-0.25, -0.2) is 4.39 Å². The minimum Gasteiger partial charge on any atom is -0.492 e. The van der Waals surface area contributed by atoms with Crippen LogP contribution >= 0.6 is 11.8 Å². The molecule has 0 aliphatic rings. The highest BCUT2D eigenvalue weighted by molar-refractivity contribution is 7.99. The summed E-state index contributed by atoms with van der Waals surface area (Å²) in [5.74, 6) is 1.92. The van der Waals surface area contributed by atoms with Crippen LogP contribution in [0.5, 0.6) is 5.75 Å². The average Bonchev–Trinajstić information content (AvgIpc) is 2.29. The SMILES string of the molecule is CCSCCCOc1cccc(F)c1C#N. The zero-order chi connectivity index (χ0) is 11.8. The Balaban J connectivity index is 2.48. The molecule has 86 valence electrons. The molecule has 0 heterocycles. The first-order valence-electron chi connectivity index (χ1n) is 5.18. The van der Waals surface area contributed by atoms with E-state index in [0.717, 1.165) is 17.9 Å². The number of rotatable bonds is 6. The highest BCUT2D eigenvalue weighted by Gasteiger charge is 2.08. The van der Waals surface area contributed by atoms with Crippen molar-refractivity contribution < 1.29 is 9.13 Å². The average molecular weight is 239 g/mol. The second-order valence-corrected chi connectivity index (χ2v) is 4.52. The summed E-state index contributed by atoms with van der Waals surface area (Å²) < 4.78 is 18.6. The van der Waals surface area contributed by atoms with Gasteiger partial charge in [-0.05, 0) is 30.1 Å². The van der Waals surface area contributed by atoms with Gasteiger partial charge in [-0.3, -0.25) is 0 Å². The van der Waals surface area contributed by atoms with E-state index in [1.165, 1.54) is 6.07 Å². The molecule has 0 fully saturated rings. The van der Waals surface area contributed by atoms with Crippen LogP contribution in [0.4, 0.5) is 4.39 Å². The molecule has 0 atom stereocenters. The molecule has 0 unspecified atom stereocenters. The molecule has 0 aliphatic carbocycles. The van der Waals surface area contributed by atoms with E-state index in [0.29, 0.717) is 12.4 Å². The summed E-state index contributed by atoms with van der Waals surface area (Å²) in [5.41, 5.74) is -0.00866. The standard InChI is InChI=1S/C12H14FNOS/c1-2-16-8-4-7-15-12-6-3-5-11(13)10(12)9-14/h3,5-6H,2,4,7-8H2,1H3. The Hall–Kier alpha value is -1.21. The molecule has 1 aromatic rings. The largest absolute Gasteiger partial charge is 0.492 e. The zero-order valence-corrected chi connectivity index (χ0v) is 10.0. The molecular weight excluding hydrogens is 225 g/mol. The minimum atomic E-state index is -0.525. The quantitative estimate of drug-likeness (QED) is 0.715. The molecular formula is C12H14FNOS. The van der Waals surface area contributed by atoms with Gasteiger partial charge in [0.05, 0.1) is 6.61 Å². The topological polar surface area (TPSA) is 33.0 Å². The fourth-order valence-corrected chi connectivity index (χ4v) is 1.83. The third kappa shape index (κ3) is 3.74. The summed E-state index contributed by atoms with van der Waals surface area (Å²) in [4.78, 5) is 0. The summed E-state index contributed by atoms with van der Waals surface area (Å²) in [6.45, 7) is 2.62. The van der Waals surface area contributed by atoms with E-state index in [9.17, 15) is 4.39 Å². The predicted molar refractivity (Wildman–Crippen MR) is 64.2 cm³/mol. The number of thioether (sulfide) groups is 1. The van der Waals surface area contributed by atoms with Crippen LogP contribution < -0.4 is 4.74 Å². The fraction of sp³-hybridized carbons (Fsp3) is 0.417. The van der Waals surface area contributed by atoms with Crippen LogP contribution in [-0.2, 0) is 0 Å². The summed E-state index contributed by atoms with van der Waals surface area (Å²) in [6, 6.07) is 6.24. The Labute approximate surface area is 99.4 Å². The minimum absolute atomic E-state index is 0.00866. The molecule has 0 N–H and O–H groups in total. The number of halogens is 1. The van der Waals surface area contributed by atoms with Gasteiger partial charge in [0.15, 0.2) is 0 Å². The Morgan fingerprint density at radius 1 is 1.50 bits per heavy atom. The maximum atomic E-state index is 13.2. The van der Waals surface area contributed by atoms with Gasteiger partial charge in [-0.2, -0.15) is 17.0 Å². The van der Waals surface area contributed by atoms with Gasteiger partial charge in [-0.15, -0.1) is 0 Å². The molecule has 0 aromatic heterocycles. The lowest BCUT2D eigenvalue weighted by Crippen LogP contribution is -2.01. The Morgan fingerprint density at radius 2 is 2.31 bits per heavy atom. The van der Waals surface area contributed by atoms with Crippen molar-refractivity contribution in [3.8, 4) is 11.8 Å². The van der Waals surface area contributed by atoms with E-state index >= 15 is 0 Å². The second-order valence-electron chi connectivity index (χ2n) is 3.12. The monoisotopic (exact) mass is 239 g/mol. The van der Waals surface area contributed by atoms with Crippen molar-refractivity contribution >= 4 is 11.8 Å². The van der Waals surface area contributed by atoms with Crippen molar-refractivity contribution in [2.45, 2.75) is 13.3 Å². The molecule has 4 heteroatoms. The first-order chi connectivity index (χ1) is 7.79. The summed E-state index contributed by atoms with van der Waals surface area (Å²) in [5, 5.41) is 8.77. The summed E-state index contributed by atoms with van der Waals surface area (Å²) >= 11 is 1.84. The van der Waals surface area contributed by atoms with E-state index in [2.05, 4.69) is 6.92 Å². The number of ether oxygens (including phenoxy) is 1. The van der Waals surface area contributed by atoms with E-state index in [1.54, 1.807) is 12.1 Å². The highest BCUT2D eigenvalue weighted by Crippen LogP contribution is 2.20. The van der Waals surface area contributed by atoms with Crippen molar-refractivity contribution in [3.05, 3.63) is 29.6 Å². The molecule has 1 aromatic carbocycles. The maximum absolute atomic E-state index is 13.2. The molecule has 0 amide bonds. The van der Waals surface area contributed by atoms with E-state index in [-0.39, 0.29) is 5.56 Å². The molecule has 0 bridgehead atoms. The molecule has 0 saturated carbocycles. The van der Waals surface area contributed by atoms with Crippen LogP contribution in [0.3, 0.4) is 0 Å². The smallest absolute Gasteiger partial charge is 0.144 e. The van der Waals surface area contributed by atoms with E-state index < -0.39 is 5.82 Å². The third-order valence-electron chi connectivity index (χ3n) is 1.98. The third-order valence-corrected chi connectivity index (χ3v) is 2.97. The van der Waals surface area contributed by atoms with Gasteiger partial charge >= 0.3 is 0 Å². The van der Waals surface area contributed by atoms with Gasteiger partial charge < -0.3 is 4.74 Å². The van der Waals surface area contributed by atoms with Gasteiger partial charge in [0.25, 0.3) is 0 Å². The lowest BCUT2D eigenvalue weighted by atomic mass is 10.2. The van der Waals surface area contributed by atoms with Crippen LogP contribution in [0, 0.1) is 17.1 Å². The van der Waals surface area contributed by atoms with Crippen molar-refractivity contribution in [2.75, 3.05) is 18.1 Å². The molecule has 0 aliphatic heterocycles. The second kappa shape index (κ2) is 7.13. The lowest BCUT2D eigenvalue weighted by molar-refractivity contribution is 0.316. The first kappa shape index (κ1) is 12.9. The Bertz CT molecular complexity index is 376. The van der Waals surface area contributed by atoms with Crippen LogP contribution in [0.1, 0.15) is 18.9 Å². The van der Waals surface area contributed by atoms with Crippen LogP contribution in [-0.4, -0.2) is 18.1 Å². The van der Waals surface area contributed by atoms with Gasteiger partial charge in [0, 0.05) is 0 Å². The predicted octanol–water partition coefficient (Wildman–Crippen LogP) is 3.22. The number of nitrogens with zero attached hydrogens (tertiary/aromatic N) is 1. The number of nitriles is 1. The van der Waals surface area contributed by atoms with Crippen LogP contribution in [0.25, 0.3) is 0 Å². The van der Waals surface area contributed by atoms with Crippen molar-refractivity contribution in [1.29, 1.82) is 5.26 Å². The Morgan fingerprint density at radius 3 is 3.00 bits per heavy atom. The van der Waals surface area contributed by atoms with Crippen LogP contribution in [0.15, 0.2) is 18.2 Å². The lowest BCUT2D eigenvalue weighted by Gasteiger charge is -2.07. The molecule has 0 saturated heterocycles.